The first kappa shape index (κ1) is 14.0. The molecule has 0 bridgehead atoms. The van der Waals surface area contributed by atoms with E-state index in [1.54, 1.807) is 0 Å². The molecule has 0 radical (unpaired) electrons. The van der Waals surface area contributed by atoms with Crippen LogP contribution in [-0.2, 0) is 4.74 Å². The maximum atomic E-state index is 5.38. The number of halogens is 1. The molecule has 1 N–H and O–H groups in total. The Morgan fingerprint density at radius 1 is 1.26 bits per heavy atom. The van der Waals surface area contributed by atoms with Crippen molar-refractivity contribution in [1.29, 1.82) is 0 Å². The van der Waals surface area contributed by atoms with Crippen LogP contribution in [0.5, 0.6) is 0 Å². The van der Waals surface area contributed by atoms with Crippen molar-refractivity contribution in [3.63, 3.8) is 0 Å². The fourth-order valence-electron chi connectivity index (χ4n) is 1.92. The molecule has 1 aromatic carbocycles. The highest BCUT2D eigenvalue weighted by atomic mass is 35.5. The first-order valence-electron chi connectivity index (χ1n) is 6.05. The van der Waals surface area contributed by atoms with E-state index in [2.05, 4.69) is 15.5 Å². The zero-order valence-electron chi connectivity index (χ0n) is 10.6. The molecule has 1 saturated heterocycles. The van der Waals surface area contributed by atoms with Crippen LogP contribution in [0.3, 0.4) is 0 Å². The third-order valence-corrected chi connectivity index (χ3v) is 2.97. The molecule has 1 aliphatic rings. The molecule has 6 heteroatoms. The van der Waals surface area contributed by atoms with Crippen LogP contribution in [0.4, 0.5) is 0 Å². The number of morpholine rings is 1. The fourth-order valence-corrected chi connectivity index (χ4v) is 1.92. The standard InChI is InChI=1S/C13H15N3O2.ClH/c1-9-2-4-10(5-3-9)13-15-12(16-18-13)11-8-17-7-6-14-11;/h2-5,11,14H,6-8H2,1H3;1H. The van der Waals surface area contributed by atoms with Crippen LogP contribution in [0, 0.1) is 6.92 Å². The predicted molar refractivity (Wildman–Crippen MR) is 73.3 cm³/mol. The van der Waals surface area contributed by atoms with E-state index in [9.17, 15) is 0 Å². The second-order valence-corrected chi connectivity index (χ2v) is 4.41. The third kappa shape index (κ3) is 3.12. The van der Waals surface area contributed by atoms with Crippen LogP contribution in [0.2, 0.25) is 0 Å². The van der Waals surface area contributed by atoms with Crippen molar-refractivity contribution in [2.24, 2.45) is 0 Å². The van der Waals surface area contributed by atoms with Gasteiger partial charge < -0.3 is 14.6 Å². The van der Waals surface area contributed by atoms with Gasteiger partial charge >= 0.3 is 0 Å². The summed E-state index contributed by atoms with van der Waals surface area (Å²) in [5.74, 6) is 1.21. The van der Waals surface area contributed by atoms with E-state index in [1.165, 1.54) is 5.56 Å². The van der Waals surface area contributed by atoms with Gasteiger partial charge in [-0.1, -0.05) is 22.9 Å². The number of benzene rings is 1. The summed E-state index contributed by atoms with van der Waals surface area (Å²) in [5.41, 5.74) is 2.15. The van der Waals surface area contributed by atoms with Gasteiger partial charge in [0.15, 0.2) is 5.82 Å². The molecule has 5 nitrogen and oxygen atoms in total. The van der Waals surface area contributed by atoms with Gasteiger partial charge in [-0.05, 0) is 19.1 Å². The van der Waals surface area contributed by atoms with Crippen molar-refractivity contribution in [2.75, 3.05) is 19.8 Å². The van der Waals surface area contributed by atoms with Crippen molar-refractivity contribution in [2.45, 2.75) is 13.0 Å². The molecule has 1 fully saturated rings. The molecule has 1 unspecified atom stereocenters. The van der Waals surface area contributed by atoms with Gasteiger partial charge in [0, 0.05) is 12.1 Å². The van der Waals surface area contributed by atoms with Gasteiger partial charge in [0.2, 0.25) is 0 Å². The number of nitrogens with zero attached hydrogens (tertiary/aromatic N) is 2. The molecule has 3 rings (SSSR count). The minimum absolute atomic E-state index is 0. The van der Waals surface area contributed by atoms with Crippen LogP contribution >= 0.6 is 12.4 Å². The average Bonchev–Trinajstić information content (AvgIpc) is 2.90. The molecular weight excluding hydrogens is 266 g/mol. The van der Waals surface area contributed by atoms with Crippen molar-refractivity contribution >= 4 is 12.4 Å². The van der Waals surface area contributed by atoms with Crippen molar-refractivity contribution in [3.05, 3.63) is 35.7 Å². The molecule has 0 saturated carbocycles. The second kappa shape index (κ2) is 6.14. The predicted octanol–water partition coefficient (Wildman–Crippen LogP) is 2.13. The lowest BCUT2D eigenvalue weighted by molar-refractivity contribution is 0.0734. The Morgan fingerprint density at radius 2 is 2.05 bits per heavy atom. The van der Waals surface area contributed by atoms with E-state index in [1.807, 2.05) is 31.2 Å². The Morgan fingerprint density at radius 3 is 2.74 bits per heavy atom. The summed E-state index contributed by atoms with van der Waals surface area (Å²) >= 11 is 0. The molecule has 2 heterocycles. The molecule has 19 heavy (non-hydrogen) atoms. The normalized spacial score (nSPS) is 18.9. The molecule has 0 amide bonds. The molecule has 1 aromatic heterocycles. The van der Waals surface area contributed by atoms with E-state index < -0.39 is 0 Å². The van der Waals surface area contributed by atoms with Gasteiger partial charge in [-0.25, -0.2) is 0 Å². The third-order valence-electron chi connectivity index (χ3n) is 2.97. The van der Waals surface area contributed by atoms with Gasteiger partial charge in [0.1, 0.15) is 0 Å². The minimum atomic E-state index is 0. The van der Waals surface area contributed by atoms with Crippen molar-refractivity contribution < 1.29 is 9.26 Å². The zero-order chi connectivity index (χ0) is 12.4. The van der Waals surface area contributed by atoms with E-state index in [0.29, 0.717) is 18.3 Å². The number of nitrogens with one attached hydrogen (secondary N) is 1. The number of ether oxygens (including phenoxy) is 1. The highest BCUT2D eigenvalue weighted by Gasteiger charge is 2.21. The highest BCUT2D eigenvalue weighted by molar-refractivity contribution is 5.85. The van der Waals surface area contributed by atoms with Gasteiger partial charge in [-0.3, -0.25) is 0 Å². The summed E-state index contributed by atoms with van der Waals surface area (Å²) in [6.07, 6.45) is 0. The maximum absolute atomic E-state index is 5.38. The Hall–Kier alpha value is -1.43. The molecule has 0 spiro atoms. The van der Waals surface area contributed by atoms with E-state index in [4.69, 9.17) is 9.26 Å². The molecule has 1 atom stereocenters. The summed E-state index contributed by atoms with van der Waals surface area (Å²) in [6.45, 7) is 4.19. The molecule has 0 aliphatic carbocycles. The van der Waals surface area contributed by atoms with Crippen molar-refractivity contribution in [1.82, 2.24) is 15.5 Å². The number of hydrogen-bond acceptors (Lipinski definition) is 5. The lowest BCUT2D eigenvalue weighted by Gasteiger charge is -2.20. The Kier molecular flexibility index (Phi) is 4.52. The van der Waals surface area contributed by atoms with Gasteiger partial charge in [0.25, 0.3) is 5.89 Å². The van der Waals surface area contributed by atoms with Gasteiger partial charge in [-0.15, -0.1) is 12.4 Å². The minimum Gasteiger partial charge on any atom is -0.378 e. The Balaban J connectivity index is 0.00000133. The molecule has 102 valence electrons. The van der Waals surface area contributed by atoms with Crippen molar-refractivity contribution in [3.8, 4) is 11.5 Å². The van der Waals surface area contributed by atoms with Crippen LogP contribution in [0.15, 0.2) is 28.8 Å². The first-order valence-corrected chi connectivity index (χ1v) is 6.05. The lowest BCUT2D eigenvalue weighted by Crippen LogP contribution is -2.35. The summed E-state index contributed by atoms with van der Waals surface area (Å²) in [7, 11) is 0. The zero-order valence-corrected chi connectivity index (χ0v) is 11.4. The first-order chi connectivity index (χ1) is 8.83. The van der Waals surface area contributed by atoms with E-state index in [-0.39, 0.29) is 18.4 Å². The number of hydrogen-bond donors (Lipinski definition) is 1. The molecule has 2 aromatic rings. The second-order valence-electron chi connectivity index (χ2n) is 4.41. The van der Waals surface area contributed by atoms with Crippen LogP contribution in [-0.4, -0.2) is 29.9 Å². The topological polar surface area (TPSA) is 60.2 Å². The molecule has 1 aliphatic heterocycles. The van der Waals surface area contributed by atoms with E-state index >= 15 is 0 Å². The Bertz CT molecular complexity index is 521. The monoisotopic (exact) mass is 281 g/mol. The van der Waals surface area contributed by atoms with E-state index in [0.717, 1.165) is 18.7 Å². The summed E-state index contributed by atoms with van der Waals surface area (Å²) in [6, 6.07) is 8.05. The smallest absolute Gasteiger partial charge is 0.257 e. The SMILES string of the molecule is Cc1ccc(-c2nc(C3COCCN3)no2)cc1.Cl. The quantitative estimate of drug-likeness (QED) is 0.914. The number of rotatable bonds is 2. The lowest BCUT2D eigenvalue weighted by atomic mass is 10.1. The summed E-state index contributed by atoms with van der Waals surface area (Å²) < 4.78 is 10.7. The van der Waals surface area contributed by atoms with Crippen LogP contribution in [0.25, 0.3) is 11.5 Å². The number of aromatic nitrogens is 2. The number of aryl methyl sites for hydroxylation is 1. The van der Waals surface area contributed by atoms with Crippen LogP contribution < -0.4 is 5.32 Å². The average molecular weight is 282 g/mol. The maximum Gasteiger partial charge on any atom is 0.257 e. The van der Waals surface area contributed by atoms with Gasteiger partial charge in [0.05, 0.1) is 19.3 Å². The summed E-state index contributed by atoms with van der Waals surface area (Å²) in [5, 5.41) is 7.31. The molecular formula is C13H16ClN3O2. The van der Waals surface area contributed by atoms with Gasteiger partial charge in [-0.2, -0.15) is 4.98 Å². The highest BCUT2D eigenvalue weighted by Crippen LogP contribution is 2.20. The fraction of sp³-hybridized carbons (Fsp3) is 0.385. The Labute approximate surface area is 117 Å². The summed E-state index contributed by atoms with van der Waals surface area (Å²) in [4.78, 5) is 4.41. The largest absolute Gasteiger partial charge is 0.378 e. The van der Waals surface area contributed by atoms with Crippen LogP contribution in [0.1, 0.15) is 17.4 Å².